The predicted octanol–water partition coefficient (Wildman–Crippen LogP) is 4.70. The lowest BCUT2D eigenvalue weighted by Gasteiger charge is -2.10. The summed E-state index contributed by atoms with van der Waals surface area (Å²) in [6, 6.07) is 8.17. The van der Waals surface area contributed by atoms with Crippen molar-refractivity contribution in [2.45, 2.75) is 19.7 Å². The van der Waals surface area contributed by atoms with E-state index in [1.165, 1.54) is 12.1 Å². The summed E-state index contributed by atoms with van der Waals surface area (Å²) < 4.78 is 41.9. The molecule has 3 rings (SSSR count). The monoisotopic (exact) mass is 383 g/mol. The first-order valence-corrected chi connectivity index (χ1v) is 7.98. The van der Waals surface area contributed by atoms with Crippen LogP contribution in [0.3, 0.4) is 0 Å². The number of ether oxygens (including phenoxy) is 1. The van der Waals surface area contributed by atoms with Crippen molar-refractivity contribution in [3.63, 3.8) is 0 Å². The smallest absolute Gasteiger partial charge is 0.406 e. The third kappa shape index (κ3) is 3.91. The van der Waals surface area contributed by atoms with Gasteiger partial charge in [0.05, 0.1) is 16.8 Å². The normalized spacial score (nSPS) is 11.6. The van der Waals surface area contributed by atoms with Gasteiger partial charge < -0.3 is 10.1 Å². The molecule has 5 nitrogen and oxygen atoms in total. The molecule has 0 radical (unpaired) electrons. The van der Waals surface area contributed by atoms with Crippen LogP contribution in [0.4, 0.5) is 18.9 Å². The van der Waals surface area contributed by atoms with Gasteiger partial charge in [0.15, 0.2) is 0 Å². The van der Waals surface area contributed by atoms with Crippen LogP contribution in [0.15, 0.2) is 42.6 Å². The Morgan fingerprint density at radius 1 is 1.27 bits per heavy atom. The van der Waals surface area contributed by atoms with Gasteiger partial charge in [-0.1, -0.05) is 18.5 Å². The summed E-state index contributed by atoms with van der Waals surface area (Å²) >= 11 is 6.00. The molecule has 1 aromatic carbocycles. The van der Waals surface area contributed by atoms with Gasteiger partial charge in [-0.2, -0.15) is 5.10 Å². The molecule has 0 saturated carbocycles. The van der Waals surface area contributed by atoms with E-state index in [2.05, 4.69) is 15.2 Å². The Bertz CT molecular complexity index is 952. The molecule has 0 unspecified atom stereocenters. The van der Waals surface area contributed by atoms with Crippen molar-refractivity contribution in [2.24, 2.45) is 0 Å². The third-order valence-electron chi connectivity index (χ3n) is 3.58. The minimum absolute atomic E-state index is 0.327. The molecule has 0 saturated heterocycles. The van der Waals surface area contributed by atoms with Gasteiger partial charge in [-0.15, -0.1) is 13.2 Å². The zero-order chi connectivity index (χ0) is 18.9. The van der Waals surface area contributed by atoms with Crippen LogP contribution in [0, 0.1) is 0 Å². The lowest BCUT2D eigenvalue weighted by atomic mass is 10.1. The zero-order valence-electron chi connectivity index (χ0n) is 13.5. The van der Waals surface area contributed by atoms with Crippen molar-refractivity contribution in [1.29, 1.82) is 0 Å². The van der Waals surface area contributed by atoms with E-state index in [0.717, 1.165) is 12.1 Å². The molecule has 1 amide bonds. The van der Waals surface area contributed by atoms with Crippen LogP contribution in [-0.4, -0.2) is 21.9 Å². The predicted molar refractivity (Wildman–Crippen MR) is 90.7 cm³/mol. The van der Waals surface area contributed by atoms with E-state index in [-0.39, 0.29) is 5.75 Å². The highest BCUT2D eigenvalue weighted by atomic mass is 35.5. The molecule has 0 aliphatic carbocycles. The van der Waals surface area contributed by atoms with Gasteiger partial charge in [-0.25, -0.2) is 4.52 Å². The summed E-state index contributed by atoms with van der Waals surface area (Å²) in [5.41, 5.74) is 1.82. The molecule has 136 valence electrons. The minimum Gasteiger partial charge on any atom is -0.406 e. The van der Waals surface area contributed by atoms with Crippen molar-refractivity contribution in [3.8, 4) is 5.75 Å². The number of amides is 1. The van der Waals surface area contributed by atoms with Crippen molar-refractivity contribution in [2.75, 3.05) is 5.32 Å². The number of alkyl halides is 3. The Labute approximate surface area is 151 Å². The fraction of sp³-hybridized carbons (Fsp3) is 0.176. The van der Waals surface area contributed by atoms with Crippen LogP contribution < -0.4 is 10.1 Å². The minimum atomic E-state index is -4.77. The second-order valence-corrected chi connectivity index (χ2v) is 5.81. The van der Waals surface area contributed by atoms with Crippen LogP contribution in [0.2, 0.25) is 5.02 Å². The number of hydrogen-bond acceptors (Lipinski definition) is 3. The molecular formula is C17H13ClF3N3O2. The van der Waals surface area contributed by atoms with Crippen molar-refractivity contribution >= 4 is 28.7 Å². The number of nitrogens with zero attached hydrogens (tertiary/aromatic N) is 2. The summed E-state index contributed by atoms with van der Waals surface area (Å²) in [5, 5.41) is 7.45. The maximum atomic E-state index is 12.7. The summed E-state index contributed by atoms with van der Waals surface area (Å²) in [6.45, 7) is 1.86. The molecule has 0 aliphatic rings. The number of aromatic nitrogens is 2. The highest BCUT2D eigenvalue weighted by Crippen LogP contribution is 2.25. The summed E-state index contributed by atoms with van der Waals surface area (Å²) in [4.78, 5) is 12.7. The van der Waals surface area contributed by atoms with Crippen LogP contribution in [-0.2, 0) is 6.42 Å². The zero-order valence-corrected chi connectivity index (χ0v) is 14.2. The number of benzene rings is 1. The largest absolute Gasteiger partial charge is 0.573 e. The molecule has 0 spiro atoms. The van der Waals surface area contributed by atoms with E-state index in [9.17, 15) is 18.0 Å². The molecule has 26 heavy (non-hydrogen) atoms. The van der Waals surface area contributed by atoms with E-state index in [1.54, 1.807) is 22.8 Å². The Kier molecular flexibility index (Phi) is 4.78. The van der Waals surface area contributed by atoms with Crippen LogP contribution in [0.5, 0.6) is 5.75 Å². The molecule has 9 heteroatoms. The number of rotatable bonds is 4. The van der Waals surface area contributed by atoms with E-state index >= 15 is 0 Å². The van der Waals surface area contributed by atoms with E-state index in [1.807, 2.05) is 6.92 Å². The van der Waals surface area contributed by atoms with Gasteiger partial charge in [0.2, 0.25) is 0 Å². The topological polar surface area (TPSA) is 55.6 Å². The first kappa shape index (κ1) is 18.1. The van der Waals surface area contributed by atoms with Crippen LogP contribution in [0.25, 0.3) is 5.52 Å². The maximum Gasteiger partial charge on any atom is 0.573 e. The number of anilines is 1. The third-order valence-corrected chi connectivity index (χ3v) is 3.81. The highest BCUT2D eigenvalue weighted by molar-refractivity contribution is 6.31. The van der Waals surface area contributed by atoms with Gasteiger partial charge in [-0.3, -0.25) is 4.79 Å². The van der Waals surface area contributed by atoms with Crippen LogP contribution >= 0.6 is 11.6 Å². The van der Waals surface area contributed by atoms with Crippen molar-refractivity contribution in [3.05, 3.63) is 58.9 Å². The van der Waals surface area contributed by atoms with E-state index in [0.29, 0.717) is 33.9 Å². The number of nitrogens with one attached hydrogen (secondary N) is 1. The number of carbonyl (C=O) groups excluding carboxylic acids is 1. The second-order valence-electron chi connectivity index (χ2n) is 5.38. The molecule has 0 atom stereocenters. The average Bonchev–Trinajstić information content (AvgIpc) is 2.93. The first-order valence-electron chi connectivity index (χ1n) is 7.61. The second kappa shape index (κ2) is 6.87. The van der Waals surface area contributed by atoms with Crippen molar-refractivity contribution in [1.82, 2.24) is 9.61 Å². The number of carbonyl (C=O) groups is 1. The summed E-state index contributed by atoms with van der Waals surface area (Å²) in [6.07, 6.45) is -2.59. The van der Waals surface area contributed by atoms with Crippen molar-refractivity contribution < 1.29 is 22.7 Å². The number of aryl methyl sites for hydroxylation is 1. The molecular weight excluding hydrogens is 371 g/mol. The molecule has 0 bridgehead atoms. The first-order chi connectivity index (χ1) is 12.3. The molecule has 0 fully saturated rings. The number of fused-ring (bicyclic) bond motifs is 1. The lowest BCUT2D eigenvalue weighted by molar-refractivity contribution is -0.274. The average molecular weight is 384 g/mol. The molecule has 1 N–H and O–H groups in total. The Hall–Kier alpha value is -2.74. The van der Waals surface area contributed by atoms with Gasteiger partial charge in [0.1, 0.15) is 5.75 Å². The van der Waals surface area contributed by atoms with Gasteiger partial charge in [0, 0.05) is 16.9 Å². The Morgan fingerprint density at radius 3 is 2.58 bits per heavy atom. The maximum absolute atomic E-state index is 12.7. The van der Waals surface area contributed by atoms with Gasteiger partial charge >= 0.3 is 6.36 Å². The quantitative estimate of drug-likeness (QED) is 0.710. The molecule has 2 heterocycles. The fourth-order valence-corrected chi connectivity index (χ4v) is 2.66. The number of halogens is 4. The van der Waals surface area contributed by atoms with Gasteiger partial charge in [-0.05, 0) is 42.8 Å². The standard InChI is InChI=1S/C17H13ClF3N3O2/c1-2-13-15(14-9-10(18)7-8-24(14)23-13)16(25)22-11-3-5-12(6-4-11)26-17(19,20)21/h3-9H,2H2,1H3,(H,22,25). The van der Waals surface area contributed by atoms with Crippen LogP contribution in [0.1, 0.15) is 23.0 Å². The molecule has 2 aromatic heterocycles. The Morgan fingerprint density at radius 2 is 1.96 bits per heavy atom. The highest BCUT2D eigenvalue weighted by Gasteiger charge is 2.31. The molecule has 3 aromatic rings. The number of pyridine rings is 1. The fourth-order valence-electron chi connectivity index (χ4n) is 2.50. The number of hydrogen-bond donors (Lipinski definition) is 1. The molecule has 0 aliphatic heterocycles. The summed E-state index contributed by atoms with van der Waals surface area (Å²) in [5.74, 6) is -0.795. The summed E-state index contributed by atoms with van der Waals surface area (Å²) in [7, 11) is 0. The SMILES string of the molecule is CCc1nn2ccc(Cl)cc2c1C(=O)Nc1ccc(OC(F)(F)F)cc1. The van der Waals surface area contributed by atoms with E-state index < -0.39 is 12.3 Å². The lowest BCUT2D eigenvalue weighted by Crippen LogP contribution is -2.17. The Balaban J connectivity index is 1.86. The van der Waals surface area contributed by atoms with E-state index in [4.69, 9.17) is 11.6 Å². The van der Waals surface area contributed by atoms with Gasteiger partial charge in [0.25, 0.3) is 5.91 Å².